The Kier molecular flexibility index (Phi) is 3.25. The topological polar surface area (TPSA) is 38.3 Å². The molecule has 1 heterocycles. The van der Waals surface area contributed by atoms with Crippen molar-refractivity contribution in [2.75, 3.05) is 20.2 Å². The highest BCUT2D eigenvalue weighted by atomic mass is 16.5. The van der Waals surface area contributed by atoms with Gasteiger partial charge in [0.1, 0.15) is 5.41 Å². The maximum Gasteiger partial charge on any atom is 0.317 e. The van der Waals surface area contributed by atoms with Gasteiger partial charge < -0.3 is 10.1 Å². The van der Waals surface area contributed by atoms with Crippen LogP contribution in [-0.2, 0) is 14.9 Å². The predicted octanol–water partition coefficient (Wildman–Crippen LogP) is 1.48. The first-order valence-electron chi connectivity index (χ1n) is 5.64. The number of ether oxygens (including phenoxy) is 1. The smallest absolute Gasteiger partial charge is 0.317 e. The molecule has 3 heteroatoms. The Hall–Kier alpha value is -1.35. The summed E-state index contributed by atoms with van der Waals surface area (Å²) in [5.41, 5.74) is 0.558. The molecule has 1 aromatic carbocycles. The highest BCUT2D eigenvalue weighted by molar-refractivity contribution is 5.83. The van der Waals surface area contributed by atoms with Crippen LogP contribution in [-0.4, -0.2) is 26.2 Å². The van der Waals surface area contributed by atoms with Crippen molar-refractivity contribution in [3.8, 4) is 0 Å². The molecule has 1 saturated heterocycles. The first-order chi connectivity index (χ1) is 7.79. The summed E-state index contributed by atoms with van der Waals surface area (Å²) in [6, 6.07) is 9.90. The Labute approximate surface area is 95.8 Å². The second-order valence-corrected chi connectivity index (χ2v) is 4.22. The van der Waals surface area contributed by atoms with Crippen LogP contribution in [0.15, 0.2) is 30.3 Å². The standard InChI is InChI=1S/C13H17NO2/c1-16-12(15)13(8-5-9-14-10-13)11-6-3-2-4-7-11/h2-4,6-7,14H,5,8-10H2,1H3. The quantitative estimate of drug-likeness (QED) is 0.766. The van der Waals surface area contributed by atoms with Crippen LogP contribution in [0.2, 0.25) is 0 Å². The molecule has 1 atom stereocenters. The zero-order chi connectivity index (χ0) is 11.4. The van der Waals surface area contributed by atoms with Gasteiger partial charge in [-0.2, -0.15) is 0 Å². The molecule has 1 fully saturated rings. The van der Waals surface area contributed by atoms with E-state index in [1.165, 1.54) is 7.11 Å². The van der Waals surface area contributed by atoms with Crippen LogP contribution in [0.25, 0.3) is 0 Å². The number of esters is 1. The van der Waals surface area contributed by atoms with E-state index in [0.29, 0.717) is 6.54 Å². The van der Waals surface area contributed by atoms with Gasteiger partial charge in [0.05, 0.1) is 7.11 Å². The summed E-state index contributed by atoms with van der Waals surface area (Å²) in [5, 5.41) is 3.29. The van der Waals surface area contributed by atoms with Gasteiger partial charge in [-0.3, -0.25) is 4.79 Å². The maximum absolute atomic E-state index is 12.0. The molecule has 0 radical (unpaired) electrons. The van der Waals surface area contributed by atoms with Crippen LogP contribution in [0, 0.1) is 0 Å². The van der Waals surface area contributed by atoms with Crippen molar-refractivity contribution in [1.29, 1.82) is 0 Å². The lowest BCUT2D eigenvalue weighted by Gasteiger charge is -2.35. The van der Waals surface area contributed by atoms with Gasteiger partial charge in [0.25, 0.3) is 0 Å². The number of carbonyl (C=O) groups excluding carboxylic acids is 1. The molecule has 3 nitrogen and oxygen atoms in total. The van der Waals surface area contributed by atoms with Crippen molar-refractivity contribution in [1.82, 2.24) is 5.32 Å². The van der Waals surface area contributed by atoms with Gasteiger partial charge in [0.2, 0.25) is 0 Å². The van der Waals surface area contributed by atoms with E-state index in [0.717, 1.165) is 24.9 Å². The lowest BCUT2D eigenvalue weighted by atomic mass is 9.75. The zero-order valence-electron chi connectivity index (χ0n) is 9.53. The largest absolute Gasteiger partial charge is 0.468 e. The Morgan fingerprint density at radius 1 is 1.38 bits per heavy atom. The number of hydrogen-bond acceptors (Lipinski definition) is 3. The summed E-state index contributed by atoms with van der Waals surface area (Å²) in [4.78, 5) is 12.0. The number of carbonyl (C=O) groups is 1. The summed E-state index contributed by atoms with van der Waals surface area (Å²) < 4.78 is 4.97. The molecular formula is C13H17NO2. The van der Waals surface area contributed by atoms with Crippen molar-refractivity contribution < 1.29 is 9.53 Å². The maximum atomic E-state index is 12.0. The molecule has 0 aromatic heterocycles. The second-order valence-electron chi connectivity index (χ2n) is 4.22. The molecule has 86 valence electrons. The Morgan fingerprint density at radius 3 is 2.69 bits per heavy atom. The molecule has 0 aliphatic carbocycles. The number of rotatable bonds is 2. The van der Waals surface area contributed by atoms with E-state index in [1.54, 1.807) is 0 Å². The van der Waals surface area contributed by atoms with Gasteiger partial charge in [0.15, 0.2) is 0 Å². The summed E-state index contributed by atoms with van der Waals surface area (Å²) >= 11 is 0. The number of piperidine rings is 1. The summed E-state index contributed by atoms with van der Waals surface area (Å²) in [6.45, 7) is 1.65. The van der Waals surface area contributed by atoms with Gasteiger partial charge in [-0.1, -0.05) is 30.3 Å². The van der Waals surface area contributed by atoms with E-state index >= 15 is 0 Å². The van der Waals surface area contributed by atoms with E-state index in [2.05, 4.69) is 5.32 Å². The van der Waals surface area contributed by atoms with Crippen LogP contribution in [0.4, 0.5) is 0 Å². The molecule has 1 aliphatic rings. The number of methoxy groups -OCH3 is 1. The van der Waals surface area contributed by atoms with Crippen molar-refractivity contribution in [2.24, 2.45) is 0 Å². The van der Waals surface area contributed by atoms with E-state index in [4.69, 9.17) is 4.74 Å². The number of benzene rings is 1. The van der Waals surface area contributed by atoms with Crippen LogP contribution < -0.4 is 5.32 Å². The molecule has 0 spiro atoms. The van der Waals surface area contributed by atoms with Gasteiger partial charge in [0, 0.05) is 6.54 Å². The molecule has 1 N–H and O–H groups in total. The van der Waals surface area contributed by atoms with E-state index in [-0.39, 0.29) is 5.97 Å². The molecule has 0 amide bonds. The van der Waals surface area contributed by atoms with E-state index < -0.39 is 5.41 Å². The molecule has 1 aromatic rings. The third-order valence-electron chi connectivity index (χ3n) is 3.29. The summed E-state index contributed by atoms with van der Waals surface area (Å²) in [6.07, 6.45) is 1.86. The minimum Gasteiger partial charge on any atom is -0.468 e. The first kappa shape index (κ1) is 11.1. The average Bonchev–Trinajstić information content (AvgIpc) is 2.39. The van der Waals surface area contributed by atoms with Gasteiger partial charge >= 0.3 is 5.97 Å². The Balaban J connectivity index is 2.38. The number of nitrogens with one attached hydrogen (secondary N) is 1. The lowest BCUT2D eigenvalue weighted by Crippen LogP contribution is -2.49. The Morgan fingerprint density at radius 2 is 2.12 bits per heavy atom. The summed E-state index contributed by atoms with van der Waals surface area (Å²) in [7, 11) is 1.46. The lowest BCUT2D eigenvalue weighted by molar-refractivity contribution is -0.148. The van der Waals surface area contributed by atoms with Crippen LogP contribution in [0.3, 0.4) is 0 Å². The fourth-order valence-electron chi connectivity index (χ4n) is 2.40. The predicted molar refractivity (Wildman–Crippen MR) is 62.2 cm³/mol. The average molecular weight is 219 g/mol. The molecule has 0 saturated carbocycles. The Bertz CT molecular complexity index is 355. The molecule has 2 rings (SSSR count). The molecule has 1 aliphatic heterocycles. The van der Waals surface area contributed by atoms with Gasteiger partial charge in [-0.15, -0.1) is 0 Å². The monoisotopic (exact) mass is 219 g/mol. The van der Waals surface area contributed by atoms with Crippen molar-refractivity contribution >= 4 is 5.97 Å². The normalized spacial score (nSPS) is 25.1. The fourth-order valence-corrected chi connectivity index (χ4v) is 2.40. The van der Waals surface area contributed by atoms with Crippen LogP contribution >= 0.6 is 0 Å². The minimum atomic E-state index is -0.492. The van der Waals surface area contributed by atoms with Crippen LogP contribution in [0.1, 0.15) is 18.4 Å². The van der Waals surface area contributed by atoms with Crippen LogP contribution in [0.5, 0.6) is 0 Å². The number of hydrogen-bond donors (Lipinski definition) is 1. The zero-order valence-corrected chi connectivity index (χ0v) is 9.53. The highest BCUT2D eigenvalue weighted by Gasteiger charge is 2.42. The highest BCUT2D eigenvalue weighted by Crippen LogP contribution is 2.32. The second kappa shape index (κ2) is 4.66. The van der Waals surface area contributed by atoms with Crippen molar-refractivity contribution in [3.63, 3.8) is 0 Å². The molecule has 1 unspecified atom stereocenters. The first-order valence-corrected chi connectivity index (χ1v) is 5.64. The van der Waals surface area contributed by atoms with Gasteiger partial charge in [-0.25, -0.2) is 0 Å². The van der Waals surface area contributed by atoms with Crippen molar-refractivity contribution in [2.45, 2.75) is 18.3 Å². The summed E-state index contributed by atoms with van der Waals surface area (Å²) in [5.74, 6) is -0.133. The minimum absolute atomic E-state index is 0.133. The van der Waals surface area contributed by atoms with Gasteiger partial charge in [-0.05, 0) is 24.9 Å². The molecule has 0 bridgehead atoms. The third-order valence-corrected chi connectivity index (χ3v) is 3.29. The van der Waals surface area contributed by atoms with E-state index in [1.807, 2.05) is 30.3 Å². The SMILES string of the molecule is COC(=O)C1(c2ccccc2)CCCNC1. The molecular weight excluding hydrogens is 202 g/mol. The van der Waals surface area contributed by atoms with Crippen molar-refractivity contribution in [3.05, 3.63) is 35.9 Å². The van der Waals surface area contributed by atoms with E-state index in [9.17, 15) is 4.79 Å². The fraction of sp³-hybridized carbons (Fsp3) is 0.462. The molecule has 16 heavy (non-hydrogen) atoms. The third kappa shape index (κ3) is 1.83.